The Kier molecular flexibility index (Phi) is 5.16. The Bertz CT molecular complexity index is 937. The van der Waals surface area contributed by atoms with Crippen molar-refractivity contribution in [2.45, 2.75) is 64.3 Å². The van der Waals surface area contributed by atoms with Gasteiger partial charge in [0.25, 0.3) is 5.91 Å². The van der Waals surface area contributed by atoms with E-state index in [9.17, 15) is 18.0 Å². The number of benzene rings is 1. The van der Waals surface area contributed by atoms with Crippen molar-refractivity contribution in [3.05, 3.63) is 52.3 Å². The number of halogens is 3. The Morgan fingerprint density at radius 2 is 1.77 bits per heavy atom. The van der Waals surface area contributed by atoms with Crippen LogP contribution < -0.4 is 0 Å². The molecule has 2 aliphatic heterocycles. The summed E-state index contributed by atoms with van der Waals surface area (Å²) >= 11 is 0. The minimum Gasteiger partial charge on any atom is -0.337 e. The monoisotopic (exact) mass is 420 g/mol. The molecule has 30 heavy (non-hydrogen) atoms. The van der Waals surface area contributed by atoms with E-state index in [1.54, 1.807) is 17.0 Å². The second-order valence-corrected chi connectivity index (χ2v) is 9.21. The Morgan fingerprint density at radius 3 is 2.40 bits per heavy atom. The van der Waals surface area contributed by atoms with Gasteiger partial charge in [0, 0.05) is 37.3 Å². The normalized spacial score (nSPS) is 18.7. The molecule has 5 nitrogen and oxygen atoms in total. The third-order valence-electron chi connectivity index (χ3n) is 6.29. The van der Waals surface area contributed by atoms with Crippen LogP contribution in [-0.4, -0.2) is 44.5 Å². The maximum Gasteiger partial charge on any atom is 0.416 e. The molecule has 3 heterocycles. The van der Waals surface area contributed by atoms with Crippen molar-refractivity contribution < 1.29 is 18.0 Å². The molecule has 162 valence electrons. The highest BCUT2D eigenvalue weighted by molar-refractivity contribution is 5.94. The number of piperidine rings is 1. The molecule has 0 bridgehead atoms. The summed E-state index contributed by atoms with van der Waals surface area (Å²) < 4.78 is 40.1. The van der Waals surface area contributed by atoms with E-state index in [0.29, 0.717) is 43.7 Å². The van der Waals surface area contributed by atoms with Crippen molar-refractivity contribution in [3.8, 4) is 0 Å². The summed E-state index contributed by atoms with van der Waals surface area (Å²) in [6.07, 6.45) is -3.34. The van der Waals surface area contributed by atoms with E-state index in [1.807, 2.05) is 0 Å². The average molecular weight is 420 g/mol. The molecule has 0 unspecified atom stereocenters. The van der Waals surface area contributed by atoms with Crippen LogP contribution >= 0.6 is 0 Å². The summed E-state index contributed by atoms with van der Waals surface area (Å²) in [6.45, 7) is 8.67. The molecule has 2 aliphatic rings. The Labute approximate surface area is 174 Å². The SMILES string of the molecule is CC(C)(C)N1Cc2[nH]nc(C(=O)N3CCC(c4ccccc4C(F)(F)F)CC3)c2C1. The van der Waals surface area contributed by atoms with Gasteiger partial charge in [-0.1, -0.05) is 18.2 Å². The van der Waals surface area contributed by atoms with Crippen LogP contribution in [0.1, 0.15) is 72.4 Å². The fourth-order valence-electron chi connectivity index (χ4n) is 4.45. The third-order valence-corrected chi connectivity index (χ3v) is 6.29. The van der Waals surface area contributed by atoms with Gasteiger partial charge in [0.05, 0.1) is 11.3 Å². The van der Waals surface area contributed by atoms with E-state index in [2.05, 4.69) is 35.9 Å². The number of aromatic nitrogens is 2. The first-order valence-electron chi connectivity index (χ1n) is 10.3. The lowest BCUT2D eigenvalue weighted by Gasteiger charge is -2.33. The first-order valence-corrected chi connectivity index (χ1v) is 10.3. The molecule has 0 aliphatic carbocycles. The third kappa shape index (κ3) is 3.85. The molecule has 0 atom stereocenters. The van der Waals surface area contributed by atoms with E-state index in [1.165, 1.54) is 6.07 Å². The number of likely N-dealkylation sites (tertiary alicyclic amines) is 1. The standard InChI is InChI=1S/C22H27F3N4O/c1-21(2,3)29-12-16-18(13-29)26-27-19(16)20(30)28-10-8-14(9-11-28)15-6-4-5-7-17(15)22(23,24)25/h4-7,14H,8-13H2,1-3H3,(H,26,27). The van der Waals surface area contributed by atoms with Crippen molar-refractivity contribution in [3.63, 3.8) is 0 Å². The largest absolute Gasteiger partial charge is 0.416 e. The van der Waals surface area contributed by atoms with Crippen LogP contribution in [0.5, 0.6) is 0 Å². The Morgan fingerprint density at radius 1 is 1.10 bits per heavy atom. The zero-order valence-electron chi connectivity index (χ0n) is 17.5. The molecule has 2 aromatic rings. The molecule has 1 N–H and O–H groups in total. The van der Waals surface area contributed by atoms with E-state index in [4.69, 9.17) is 0 Å². The fraction of sp³-hybridized carbons (Fsp3) is 0.545. The van der Waals surface area contributed by atoms with Gasteiger partial charge in [-0.3, -0.25) is 14.8 Å². The van der Waals surface area contributed by atoms with Gasteiger partial charge in [0.2, 0.25) is 0 Å². The van der Waals surface area contributed by atoms with E-state index in [0.717, 1.165) is 23.9 Å². The maximum atomic E-state index is 13.4. The maximum absolute atomic E-state index is 13.4. The number of aromatic amines is 1. The zero-order chi connectivity index (χ0) is 21.7. The summed E-state index contributed by atoms with van der Waals surface area (Å²) in [5.74, 6) is -0.334. The minimum atomic E-state index is -4.36. The van der Waals surface area contributed by atoms with Crippen LogP contribution in [0.25, 0.3) is 0 Å². The first kappa shape index (κ1) is 20.9. The molecule has 0 spiro atoms. The highest BCUT2D eigenvalue weighted by Crippen LogP contribution is 2.39. The lowest BCUT2D eigenvalue weighted by atomic mass is 9.86. The average Bonchev–Trinajstić information content (AvgIpc) is 3.28. The summed E-state index contributed by atoms with van der Waals surface area (Å²) in [6, 6.07) is 5.77. The lowest BCUT2D eigenvalue weighted by molar-refractivity contribution is -0.138. The highest BCUT2D eigenvalue weighted by atomic mass is 19.4. The number of carbonyl (C=O) groups excluding carboxylic acids is 1. The van der Waals surface area contributed by atoms with Crippen molar-refractivity contribution >= 4 is 5.91 Å². The summed E-state index contributed by atoms with van der Waals surface area (Å²) in [7, 11) is 0. The Hall–Kier alpha value is -2.35. The number of H-pyrrole nitrogens is 1. The van der Waals surface area contributed by atoms with Crippen LogP contribution in [0.2, 0.25) is 0 Å². The molecule has 1 saturated heterocycles. The molecule has 0 radical (unpaired) electrons. The number of hydrogen-bond donors (Lipinski definition) is 1. The molecule has 1 aromatic carbocycles. The second-order valence-electron chi connectivity index (χ2n) is 9.21. The molecule has 0 saturated carbocycles. The van der Waals surface area contributed by atoms with Crippen molar-refractivity contribution in [1.82, 2.24) is 20.0 Å². The molecular formula is C22H27F3N4O. The summed E-state index contributed by atoms with van der Waals surface area (Å²) in [5, 5.41) is 7.26. The van der Waals surface area contributed by atoms with E-state index in [-0.39, 0.29) is 17.4 Å². The van der Waals surface area contributed by atoms with Gasteiger partial charge in [-0.05, 0) is 51.2 Å². The zero-order valence-corrected chi connectivity index (χ0v) is 17.5. The predicted octanol–water partition coefficient (Wildman–Crippen LogP) is 4.56. The van der Waals surface area contributed by atoms with Crippen LogP contribution in [0, 0.1) is 0 Å². The van der Waals surface area contributed by atoms with Gasteiger partial charge in [-0.2, -0.15) is 18.3 Å². The molecule has 4 rings (SSSR count). The smallest absolute Gasteiger partial charge is 0.337 e. The van der Waals surface area contributed by atoms with E-state index >= 15 is 0 Å². The number of amides is 1. The summed E-state index contributed by atoms with van der Waals surface area (Å²) in [4.78, 5) is 17.1. The van der Waals surface area contributed by atoms with Gasteiger partial charge in [-0.15, -0.1) is 0 Å². The van der Waals surface area contributed by atoms with Crippen LogP contribution in [0.4, 0.5) is 13.2 Å². The van der Waals surface area contributed by atoms with Gasteiger partial charge in [0.15, 0.2) is 5.69 Å². The van der Waals surface area contributed by atoms with Crippen LogP contribution in [-0.2, 0) is 19.3 Å². The van der Waals surface area contributed by atoms with Gasteiger partial charge < -0.3 is 4.90 Å². The van der Waals surface area contributed by atoms with Crippen LogP contribution in [0.15, 0.2) is 24.3 Å². The molecule has 1 amide bonds. The molecule has 1 aromatic heterocycles. The molecular weight excluding hydrogens is 393 g/mol. The lowest BCUT2D eigenvalue weighted by Crippen LogP contribution is -2.39. The van der Waals surface area contributed by atoms with Crippen LogP contribution in [0.3, 0.4) is 0 Å². The van der Waals surface area contributed by atoms with Gasteiger partial charge >= 0.3 is 6.18 Å². The highest BCUT2D eigenvalue weighted by Gasteiger charge is 2.38. The number of hydrogen-bond acceptors (Lipinski definition) is 3. The number of nitrogens with zero attached hydrogens (tertiary/aromatic N) is 3. The fourth-order valence-corrected chi connectivity index (χ4v) is 4.45. The molecule has 1 fully saturated rings. The van der Waals surface area contributed by atoms with Crippen molar-refractivity contribution in [2.24, 2.45) is 0 Å². The van der Waals surface area contributed by atoms with Gasteiger partial charge in [0.1, 0.15) is 0 Å². The number of fused-ring (bicyclic) bond motifs is 1. The number of nitrogens with one attached hydrogen (secondary N) is 1. The predicted molar refractivity (Wildman–Crippen MR) is 107 cm³/mol. The topological polar surface area (TPSA) is 52.2 Å². The van der Waals surface area contributed by atoms with Crippen molar-refractivity contribution in [1.29, 1.82) is 0 Å². The van der Waals surface area contributed by atoms with Crippen molar-refractivity contribution in [2.75, 3.05) is 13.1 Å². The Balaban J connectivity index is 1.45. The number of carbonyl (C=O) groups is 1. The first-order chi connectivity index (χ1) is 14.1. The number of alkyl halides is 3. The number of rotatable bonds is 2. The quantitative estimate of drug-likeness (QED) is 0.775. The minimum absolute atomic E-state index is 0.00953. The summed E-state index contributed by atoms with van der Waals surface area (Å²) in [5.41, 5.74) is 2.12. The van der Waals surface area contributed by atoms with Gasteiger partial charge in [-0.25, -0.2) is 0 Å². The molecule has 8 heteroatoms. The van der Waals surface area contributed by atoms with E-state index < -0.39 is 11.7 Å². The second kappa shape index (κ2) is 7.41.